The first-order valence-electron chi connectivity index (χ1n) is 6.23. The van der Waals surface area contributed by atoms with Crippen LogP contribution in [0.15, 0.2) is 0 Å². The molecule has 3 heteroatoms. The molecule has 0 amide bonds. The van der Waals surface area contributed by atoms with Crippen molar-refractivity contribution in [2.24, 2.45) is 11.7 Å². The maximum atomic E-state index is 5.72. The molecule has 90 valence electrons. The van der Waals surface area contributed by atoms with E-state index in [1.165, 1.54) is 19.4 Å². The molecule has 0 saturated carbocycles. The molecule has 0 aromatic rings. The van der Waals surface area contributed by atoms with Gasteiger partial charge in [0.15, 0.2) is 0 Å². The van der Waals surface area contributed by atoms with Gasteiger partial charge in [-0.15, -0.1) is 0 Å². The molecule has 0 radical (unpaired) electrons. The first-order chi connectivity index (χ1) is 7.17. The lowest BCUT2D eigenvalue weighted by Gasteiger charge is -2.37. The molecule has 3 unspecified atom stereocenters. The van der Waals surface area contributed by atoms with Crippen molar-refractivity contribution in [2.75, 3.05) is 26.2 Å². The van der Waals surface area contributed by atoms with E-state index < -0.39 is 0 Å². The second-order valence-electron chi connectivity index (χ2n) is 4.79. The van der Waals surface area contributed by atoms with E-state index >= 15 is 0 Å². The number of hydrogen-bond donors (Lipinski definition) is 1. The van der Waals surface area contributed by atoms with Crippen molar-refractivity contribution in [3.63, 3.8) is 0 Å². The summed E-state index contributed by atoms with van der Waals surface area (Å²) in [5.41, 5.74) is 5.72. The van der Waals surface area contributed by atoms with Crippen molar-refractivity contribution in [3.8, 4) is 0 Å². The van der Waals surface area contributed by atoms with Crippen LogP contribution >= 0.6 is 0 Å². The van der Waals surface area contributed by atoms with Crippen LogP contribution in [0.5, 0.6) is 0 Å². The Labute approximate surface area is 94.0 Å². The van der Waals surface area contributed by atoms with Crippen LogP contribution in [0.3, 0.4) is 0 Å². The van der Waals surface area contributed by atoms with E-state index in [0.29, 0.717) is 18.1 Å². The van der Waals surface area contributed by atoms with Gasteiger partial charge in [-0.05, 0) is 39.3 Å². The molecule has 1 rings (SSSR count). The first kappa shape index (κ1) is 12.9. The van der Waals surface area contributed by atoms with E-state index in [2.05, 4.69) is 25.7 Å². The van der Waals surface area contributed by atoms with E-state index in [1.54, 1.807) is 0 Å². The molecule has 1 heterocycles. The Morgan fingerprint density at radius 2 is 2.20 bits per heavy atom. The highest BCUT2D eigenvalue weighted by molar-refractivity contribution is 4.76. The van der Waals surface area contributed by atoms with Gasteiger partial charge < -0.3 is 10.5 Å². The molecule has 0 bridgehead atoms. The highest BCUT2D eigenvalue weighted by Crippen LogP contribution is 2.14. The molecular formula is C12H26N2O. The molecule has 1 aliphatic heterocycles. The van der Waals surface area contributed by atoms with Crippen LogP contribution in [0, 0.1) is 5.92 Å². The summed E-state index contributed by atoms with van der Waals surface area (Å²) in [6.07, 6.45) is 2.81. The second-order valence-corrected chi connectivity index (χ2v) is 4.79. The Balaban J connectivity index is 2.29. The molecule has 0 aromatic heterocycles. The van der Waals surface area contributed by atoms with Crippen LogP contribution in [0.1, 0.15) is 33.6 Å². The monoisotopic (exact) mass is 214 g/mol. The summed E-state index contributed by atoms with van der Waals surface area (Å²) < 4.78 is 5.61. The third-order valence-corrected chi connectivity index (χ3v) is 3.47. The molecule has 2 N–H and O–H groups in total. The fourth-order valence-corrected chi connectivity index (χ4v) is 2.12. The minimum absolute atomic E-state index is 0.388. The van der Waals surface area contributed by atoms with Crippen molar-refractivity contribution in [1.29, 1.82) is 0 Å². The largest absolute Gasteiger partial charge is 0.376 e. The summed E-state index contributed by atoms with van der Waals surface area (Å²) in [6.45, 7) is 10.6. The highest BCUT2D eigenvalue weighted by atomic mass is 16.5. The van der Waals surface area contributed by atoms with E-state index in [0.717, 1.165) is 19.7 Å². The van der Waals surface area contributed by atoms with Gasteiger partial charge in [-0.3, -0.25) is 4.90 Å². The van der Waals surface area contributed by atoms with Crippen molar-refractivity contribution >= 4 is 0 Å². The van der Waals surface area contributed by atoms with E-state index in [-0.39, 0.29) is 0 Å². The lowest BCUT2D eigenvalue weighted by Crippen LogP contribution is -2.47. The van der Waals surface area contributed by atoms with Crippen molar-refractivity contribution in [1.82, 2.24) is 4.90 Å². The Morgan fingerprint density at radius 3 is 2.80 bits per heavy atom. The van der Waals surface area contributed by atoms with E-state index in [9.17, 15) is 0 Å². The number of nitrogens with zero attached hydrogens (tertiary/aromatic N) is 1. The van der Waals surface area contributed by atoms with Gasteiger partial charge in [0.2, 0.25) is 0 Å². The van der Waals surface area contributed by atoms with Gasteiger partial charge in [0.1, 0.15) is 0 Å². The standard InChI is InChI=1S/C12H26N2O/c1-4-12(7-13)5-6-14-8-11(3)15-9-10(14)2/h10-12H,4-9,13H2,1-3H3. The number of ether oxygens (including phenoxy) is 1. The fraction of sp³-hybridized carbons (Fsp3) is 1.00. The summed E-state index contributed by atoms with van der Waals surface area (Å²) >= 11 is 0. The van der Waals surface area contributed by atoms with Gasteiger partial charge in [-0.1, -0.05) is 13.3 Å². The number of rotatable bonds is 5. The van der Waals surface area contributed by atoms with Crippen LogP contribution in [0.25, 0.3) is 0 Å². The molecule has 3 nitrogen and oxygen atoms in total. The van der Waals surface area contributed by atoms with Crippen LogP contribution < -0.4 is 5.73 Å². The molecular weight excluding hydrogens is 188 g/mol. The highest BCUT2D eigenvalue weighted by Gasteiger charge is 2.23. The SMILES string of the molecule is CCC(CN)CCN1CC(C)OCC1C. The maximum Gasteiger partial charge on any atom is 0.0674 e. The van der Waals surface area contributed by atoms with Gasteiger partial charge in [-0.25, -0.2) is 0 Å². The minimum Gasteiger partial charge on any atom is -0.376 e. The summed E-state index contributed by atoms with van der Waals surface area (Å²) in [7, 11) is 0. The predicted molar refractivity (Wildman–Crippen MR) is 63.9 cm³/mol. The van der Waals surface area contributed by atoms with E-state index in [4.69, 9.17) is 10.5 Å². The third-order valence-electron chi connectivity index (χ3n) is 3.47. The van der Waals surface area contributed by atoms with Gasteiger partial charge in [-0.2, -0.15) is 0 Å². The normalized spacial score (nSPS) is 30.4. The zero-order chi connectivity index (χ0) is 11.3. The van der Waals surface area contributed by atoms with Gasteiger partial charge in [0.25, 0.3) is 0 Å². The fourth-order valence-electron chi connectivity index (χ4n) is 2.12. The summed E-state index contributed by atoms with van der Waals surface area (Å²) in [5, 5.41) is 0. The molecule has 0 aliphatic carbocycles. The van der Waals surface area contributed by atoms with E-state index in [1.807, 2.05) is 0 Å². The first-order valence-corrected chi connectivity index (χ1v) is 6.23. The quantitative estimate of drug-likeness (QED) is 0.753. The van der Waals surface area contributed by atoms with Crippen molar-refractivity contribution in [2.45, 2.75) is 45.8 Å². The number of morpholine rings is 1. The predicted octanol–water partition coefficient (Wildman–Crippen LogP) is 1.47. The van der Waals surface area contributed by atoms with Crippen LogP contribution in [0.2, 0.25) is 0 Å². The second kappa shape index (κ2) is 6.46. The van der Waals surface area contributed by atoms with Crippen molar-refractivity contribution < 1.29 is 4.74 Å². The van der Waals surface area contributed by atoms with Gasteiger partial charge >= 0.3 is 0 Å². The lowest BCUT2D eigenvalue weighted by atomic mass is 10.0. The maximum absolute atomic E-state index is 5.72. The Morgan fingerprint density at radius 1 is 1.47 bits per heavy atom. The van der Waals surface area contributed by atoms with Crippen LogP contribution in [-0.4, -0.2) is 43.3 Å². The smallest absolute Gasteiger partial charge is 0.0674 e. The topological polar surface area (TPSA) is 38.5 Å². The van der Waals surface area contributed by atoms with Crippen LogP contribution in [0.4, 0.5) is 0 Å². The minimum atomic E-state index is 0.388. The van der Waals surface area contributed by atoms with Crippen molar-refractivity contribution in [3.05, 3.63) is 0 Å². The molecule has 1 fully saturated rings. The molecule has 3 atom stereocenters. The average molecular weight is 214 g/mol. The number of hydrogen-bond acceptors (Lipinski definition) is 3. The Hall–Kier alpha value is -0.120. The Kier molecular flexibility index (Phi) is 5.58. The van der Waals surface area contributed by atoms with Gasteiger partial charge in [0, 0.05) is 12.6 Å². The lowest BCUT2D eigenvalue weighted by molar-refractivity contribution is -0.0506. The molecule has 0 aromatic carbocycles. The third kappa shape index (κ3) is 4.09. The zero-order valence-electron chi connectivity index (χ0n) is 10.4. The molecule has 1 saturated heterocycles. The van der Waals surface area contributed by atoms with Crippen LogP contribution in [-0.2, 0) is 4.74 Å². The summed E-state index contributed by atoms with van der Waals surface area (Å²) in [6, 6.07) is 0.566. The Bertz CT molecular complexity index is 171. The molecule has 0 spiro atoms. The summed E-state index contributed by atoms with van der Waals surface area (Å²) in [5.74, 6) is 0.690. The average Bonchev–Trinajstić information content (AvgIpc) is 2.24. The molecule has 15 heavy (non-hydrogen) atoms. The zero-order valence-corrected chi connectivity index (χ0v) is 10.4. The molecule has 1 aliphatic rings. The summed E-state index contributed by atoms with van der Waals surface area (Å²) in [4.78, 5) is 2.53. The number of nitrogens with two attached hydrogens (primary N) is 1. The van der Waals surface area contributed by atoms with Gasteiger partial charge in [0.05, 0.1) is 12.7 Å².